The van der Waals surface area contributed by atoms with Gasteiger partial charge in [0.1, 0.15) is 0 Å². The van der Waals surface area contributed by atoms with E-state index in [0.717, 1.165) is 0 Å². The molecular weight excluding hydrogens is 128 g/mol. The molecule has 0 atom stereocenters. The van der Waals surface area contributed by atoms with Crippen LogP contribution in [-0.2, 0) is 9.35 Å². The van der Waals surface area contributed by atoms with Crippen molar-refractivity contribution in [3.8, 4) is 0 Å². The second-order valence-corrected chi connectivity index (χ2v) is 4.67. The van der Waals surface area contributed by atoms with Crippen molar-refractivity contribution in [3.63, 3.8) is 0 Å². The van der Waals surface area contributed by atoms with Crippen LogP contribution in [0, 0.1) is 0 Å². The summed E-state index contributed by atoms with van der Waals surface area (Å²) in [6.07, 6.45) is 0. The van der Waals surface area contributed by atoms with Gasteiger partial charge in [0.25, 0.3) is 0 Å². The molecule has 0 amide bonds. The van der Waals surface area contributed by atoms with Gasteiger partial charge in [-0.2, -0.15) is 0 Å². The van der Waals surface area contributed by atoms with Crippen molar-refractivity contribution in [2.75, 3.05) is 0 Å². The molecule has 0 aromatic heterocycles. The van der Waals surface area contributed by atoms with E-state index in [9.17, 15) is 0 Å². The van der Waals surface area contributed by atoms with E-state index in [1.165, 1.54) is 6.05 Å². The van der Waals surface area contributed by atoms with E-state index in [0.29, 0.717) is 7.23 Å². The zero-order valence-corrected chi connectivity index (χ0v) is 6.03. The molecule has 0 saturated heterocycles. The van der Waals surface area contributed by atoms with Crippen molar-refractivity contribution in [1.29, 1.82) is 0 Å². The van der Waals surface area contributed by atoms with Crippen molar-refractivity contribution in [2.24, 2.45) is 0 Å². The Bertz CT molecular complexity index is 119. The van der Waals surface area contributed by atoms with E-state index in [-0.39, 0.29) is 9.35 Å². The van der Waals surface area contributed by atoms with E-state index in [4.69, 9.17) is 30.8 Å². The zero-order chi connectivity index (χ0) is 6.57. The summed E-state index contributed by atoms with van der Waals surface area (Å²) in [4.78, 5) is 0. The van der Waals surface area contributed by atoms with Gasteiger partial charge in [-0.25, -0.2) is 0 Å². The Morgan fingerprint density at radius 3 is 2.00 bits per heavy atom. The summed E-state index contributed by atoms with van der Waals surface area (Å²) in [6.45, 7) is 0. The quantitative estimate of drug-likeness (QED) is 0.231. The summed E-state index contributed by atoms with van der Waals surface area (Å²) in [5, 5.41) is 0. The third kappa shape index (κ3) is 3.14. The predicted molar refractivity (Wildman–Crippen MR) is 48.8 cm³/mol. The molecule has 8 radical (unpaired) electrons. The minimum atomic E-state index is -0.410. The summed E-state index contributed by atoms with van der Waals surface area (Å²) in [6, 6.07) is 1.44. The Kier molecular flexibility index (Phi) is 5.51. The average molecular weight is 128 g/mol. The first-order chi connectivity index (χ1) is 3.72. The van der Waals surface area contributed by atoms with Crippen LogP contribution in [0.1, 0.15) is 0 Å². The monoisotopic (exact) mass is 129 g/mol. The molecule has 0 aromatic carbocycles. The molecule has 0 nitrogen and oxygen atoms in total. The standard InChI is InChI=1S/B6PS/c1-5-8(7-4)6(2)3/q-1. The van der Waals surface area contributed by atoms with Gasteiger partial charge in [-0.3, -0.25) is 0 Å². The van der Waals surface area contributed by atoms with Gasteiger partial charge in [0, 0.05) is 0 Å². The molecule has 0 spiro atoms. The molecule has 0 heterocycles. The molecule has 0 aliphatic carbocycles. The average Bonchev–Trinajstić information content (AvgIpc) is 1.69. The van der Waals surface area contributed by atoms with E-state index < -0.39 is 5.77 Å². The van der Waals surface area contributed by atoms with Crippen LogP contribution < -0.4 is 0 Å². The van der Waals surface area contributed by atoms with Gasteiger partial charge in [-0.05, 0) is 0 Å². The van der Waals surface area contributed by atoms with Gasteiger partial charge >= 0.3 is 59.2 Å². The summed E-state index contributed by atoms with van der Waals surface area (Å²) in [5.41, 5.74) is 0. The molecule has 0 aromatic rings. The Labute approximate surface area is 59.6 Å². The first-order valence-corrected chi connectivity index (χ1v) is 4.83. The maximum atomic E-state index is 5.25. The van der Waals surface area contributed by atoms with E-state index in [2.05, 4.69) is 0 Å². The van der Waals surface area contributed by atoms with E-state index >= 15 is 0 Å². The summed E-state index contributed by atoms with van der Waals surface area (Å²) < 4.78 is 0. The van der Waals surface area contributed by atoms with Crippen molar-refractivity contribution in [2.45, 2.75) is 0 Å². The van der Waals surface area contributed by atoms with E-state index in [1.807, 2.05) is 0 Å². The minimum absolute atomic E-state index is 0.332. The Morgan fingerprint density at radius 2 is 2.00 bits per heavy atom. The molecule has 0 aliphatic rings. The molecule has 8 heteroatoms. The van der Waals surface area contributed by atoms with Gasteiger partial charge in [-0.1, -0.05) is 0 Å². The SMILES string of the molecule is [B]B=[S-](=P[B])B([B])[B]. The molecule has 0 bridgehead atoms. The van der Waals surface area contributed by atoms with Crippen molar-refractivity contribution in [1.82, 2.24) is 0 Å². The number of rotatable bonds is 1. The first-order valence-electron chi connectivity index (χ1n) is 1.91. The molecule has 0 N–H and O–H groups in total. The second kappa shape index (κ2) is 4.88. The second-order valence-electron chi connectivity index (χ2n) is 1.05. The number of hydrogen-bond acceptors (Lipinski definition) is 1. The van der Waals surface area contributed by atoms with Crippen LogP contribution >= 0.6 is 7.23 Å². The number of hydrogen-bond donors (Lipinski definition) is 0. The van der Waals surface area contributed by atoms with Gasteiger partial charge < -0.3 is 0 Å². The zero-order valence-electron chi connectivity index (χ0n) is 4.32. The summed E-state index contributed by atoms with van der Waals surface area (Å²) >= 11 is 0. The summed E-state index contributed by atoms with van der Waals surface area (Å²) in [5.74, 6) is -0.410. The summed E-state index contributed by atoms with van der Waals surface area (Å²) in [7, 11) is 21.1. The van der Waals surface area contributed by atoms with Crippen molar-refractivity contribution in [3.05, 3.63) is 0 Å². The van der Waals surface area contributed by atoms with Crippen LogP contribution in [0.2, 0.25) is 0 Å². The first kappa shape index (κ1) is 9.04. The Hall–Kier alpha value is 1.04. The Balaban J connectivity index is 4.16. The Morgan fingerprint density at radius 1 is 1.50 bits per heavy atom. The van der Waals surface area contributed by atoms with Crippen LogP contribution in [0.3, 0.4) is 0 Å². The van der Waals surface area contributed by atoms with Crippen LogP contribution in [0.15, 0.2) is 0 Å². The van der Waals surface area contributed by atoms with Crippen LogP contribution in [0.4, 0.5) is 0 Å². The van der Waals surface area contributed by atoms with Crippen molar-refractivity contribution >= 4 is 59.2 Å². The molecule has 8 heavy (non-hydrogen) atoms. The third-order valence-electron chi connectivity index (χ3n) is 0.540. The van der Waals surface area contributed by atoms with Crippen LogP contribution in [0.5, 0.6) is 0 Å². The van der Waals surface area contributed by atoms with Gasteiger partial charge in [0.2, 0.25) is 0 Å². The normalized spacial score (nSPS) is 13.0. The molecule has 0 unspecified atom stereocenters. The fraction of sp³-hybridized carbons (Fsp3) is 0. The van der Waals surface area contributed by atoms with Crippen LogP contribution in [-0.4, -0.2) is 42.6 Å². The third-order valence-corrected chi connectivity index (χ3v) is 3.45. The van der Waals surface area contributed by atoms with Gasteiger partial charge in [0.15, 0.2) is 0 Å². The van der Waals surface area contributed by atoms with Crippen LogP contribution in [0.25, 0.3) is 0 Å². The predicted octanol–water partition coefficient (Wildman–Crippen LogP) is -1.43. The topological polar surface area (TPSA) is 0 Å². The fourth-order valence-electron chi connectivity index (χ4n) is 0.196. The molecule has 30 valence electrons. The fourth-order valence-corrected chi connectivity index (χ4v) is 1.22. The van der Waals surface area contributed by atoms with E-state index in [1.54, 1.807) is 0 Å². The molecule has 0 rings (SSSR count). The van der Waals surface area contributed by atoms with Gasteiger partial charge in [-0.15, -0.1) is 0 Å². The molecular formula is B6PS-. The molecule has 0 fully saturated rings. The van der Waals surface area contributed by atoms with Gasteiger partial charge in [0.05, 0.1) is 0 Å². The molecule has 0 saturated carbocycles. The molecule has 0 aliphatic heterocycles. The van der Waals surface area contributed by atoms with Crippen molar-refractivity contribution < 1.29 is 0 Å². The maximum absolute atomic E-state index is 5.25.